The minimum Gasteiger partial charge on any atom is -0.490 e. The van der Waals surface area contributed by atoms with Crippen LogP contribution in [0.5, 0.6) is 46.0 Å². The number of rotatable bonds is 32. The summed E-state index contributed by atoms with van der Waals surface area (Å²) in [7, 11) is 0. The molecule has 0 saturated carbocycles. The van der Waals surface area contributed by atoms with Gasteiger partial charge < -0.3 is 47.9 Å². The predicted octanol–water partition coefficient (Wildman–Crippen LogP) is 16.3. The number of hydrogen-bond donors (Lipinski definition) is 2. The van der Waals surface area contributed by atoms with E-state index in [0.29, 0.717) is 88.3 Å². The quantitative estimate of drug-likeness (QED) is 0.0395. The van der Waals surface area contributed by atoms with Gasteiger partial charge in [-0.1, -0.05) is 94.1 Å². The van der Waals surface area contributed by atoms with Crippen LogP contribution >= 0.6 is 94.1 Å². The Morgan fingerprint density at radius 2 is 0.385 bits per heavy atom. The average molecular weight is 1570 g/mol. The first-order valence-corrected chi connectivity index (χ1v) is 41.6. The van der Waals surface area contributed by atoms with Crippen molar-refractivity contribution in [2.24, 2.45) is 0 Å². The molecule has 0 amide bonds. The van der Waals surface area contributed by atoms with E-state index in [-0.39, 0.29) is 232 Å². The normalized spacial score (nSPS) is 11.5. The Bertz CT molecular complexity index is 4200. The van der Waals surface area contributed by atoms with Crippen molar-refractivity contribution >= 4 is 179 Å². The van der Waals surface area contributed by atoms with E-state index in [1.165, 1.54) is 55.4 Å². The van der Waals surface area contributed by atoms with Crippen molar-refractivity contribution in [1.82, 2.24) is 39.9 Å². The number of carbonyl (C=O) groups excluding carboxylic acids is 8. The first-order valence-electron chi connectivity index (χ1n) is 33.7. The van der Waals surface area contributed by atoms with Crippen molar-refractivity contribution < 1.29 is 76.3 Å². The number of aromatic nitrogens is 8. The molecule has 32 heteroatoms. The van der Waals surface area contributed by atoms with E-state index in [1.807, 2.05) is 55.4 Å². The fourth-order valence-electron chi connectivity index (χ4n) is 12.1. The number of fused-ring (bicyclic) bond motifs is 20. The third-order valence-electron chi connectivity index (χ3n) is 15.7. The zero-order valence-electron chi connectivity index (χ0n) is 60.8. The molecule has 2 N–H and O–H groups in total. The number of aromatic amines is 2. The minimum absolute atomic E-state index is 0.00784. The maximum absolute atomic E-state index is 13.5. The highest BCUT2D eigenvalue weighted by atomic mass is 32.2. The molecule has 0 unspecified atom stereocenters. The second-order valence-electron chi connectivity index (χ2n) is 22.8. The van der Waals surface area contributed by atoms with Crippen LogP contribution < -0.4 is 37.9 Å². The van der Waals surface area contributed by atoms with E-state index < -0.39 is 0 Å². The monoisotopic (exact) mass is 1570 g/mol. The second kappa shape index (κ2) is 36.9. The van der Waals surface area contributed by atoms with Crippen LogP contribution in [0, 0.1) is 0 Å². The van der Waals surface area contributed by atoms with Gasteiger partial charge in [-0.05, 0) is 55.4 Å². The fraction of sp³-hybridized carbons (Fsp3) is 0.444. The van der Waals surface area contributed by atoms with Crippen molar-refractivity contribution in [2.75, 3.05) is 52.9 Å². The zero-order chi connectivity index (χ0) is 75.4. The number of thioether (sulfide) groups is 8. The van der Waals surface area contributed by atoms with Crippen molar-refractivity contribution in [1.29, 1.82) is 0 Å². The maximum Gasteiger partial charge on any atom is 0.186 e. The largest absolute Gasteiger partial charge is 0.490 e. The molecule has 2 aliphatic rings. The first-order chi connectivity index (χ1) is 49.9. The summed E-state index contributed by atoms with van der Waals surface area (Å²) >= 11 is 8.09. The number of nitrogens with one attached hydrogen (secondary N) is 2. The molecule has 0 saturated heterocycles. The molecule has 0 aliphatic carbocycles. The maximum atomic E-state index is 13.5. The topological polar surface area (TPSA) is 319 Å². The SMILES string of the molecule is CCOc1c(CSC(C)=O)c2c(c(CSC(C)=O)c1OCC)-c1nc-2nc2[nH]c(nc3nc(nc4[nH]c(n1)c1c(CSC(C)=O)c(OCC)c(OCC)c(CSC(C)=O)c41)-c1c(CSC(C)=O)c(OCC)c(OCC)c(CSC(C)=O)c1-3)c1c(CSC(C)=O)c(OCC)c(OCC)c(CSC(C)=O)c21. The number of carbonyl (C=O) groups is 8. The van der Waals surface area contributed by atoms with Gasteiger partial charge in [-0.2, -0.15) is 0 Å². The number of nitrogens with zero attached hydrogens (tertiary/aromatic N) is 6. The van der Waals surface area contributed by atoms with Gasteiger partial charge in [-0.15, -0.1) is 0 Å². The summed E-state index contributed by atoms with van der Waals surface area (Å²) in [5.41, 5.74) is 5.39. The van der Waals surface area contributed by atoms with E-state index >= 15 is 0 Å². The molecule has 0 spiro atoms. The smallest absolute Gasteiger partial charge is 0.186 e. The summed E-state index contributed by atoms with van der Waals surface area (Å²) in [6.07, 6.45) is 0. The second-order valence-corrected chi connectivity index (χ2v) is 32.0. The van der Waals surface area contributed by atoms with E-state index in [9.17, 15) is 38.4 Å². The number of benzene rings is 4. The van der Waals surface area contributed by atoms with Crippen molar-refractivity contribution in [2.45, 2.75) is 157 Å². The summed E-state index contributed by atoms with van der Waals surface area (Å²) in [4.78, 5) is 148. The van der Waals surface area contributed by atoms with Gasteiger partial charge in [0.15, 0.2) is 110 Å². The Morgan fingerprint density at radius 1 is 0.240 bits per heavy atom. The van der Waals surface area contributed by atoms with Crippen molar-refractivity contribution in [3.63, 3.8) is 0 Å². The molecule has 9 rings (SSSR count). The van der Waals surface area contributed by atoms with Gasteiger partial charge >= 0.3 is 0 Å². The third-order valence-corrected chi connectivity index (χ3v) is 22.4. The number of ether oxygens (including phenoxy) is 8. The average Bonchev–Trinajstić information content (AvgIpc) is 1.61. The summed E-state index contributed by atoms with van der Waals surface area (Å²) in [5.74, 6) is 2.15. The highest BCUT2D eigenvalue weighted by Crippen LogP contribution is 2.57. The summed E-state index contributed by atoms with van der Waals surface area (Å²) in [6, 6.07) is 0. The Balaban J connectivity index is 1.77. The molecular weight excluding hydrogens is 1490 g/mol. The van der Waals surface area contributed by atoms with Crippen LogP contribution in [0.15, 0.2) is 0 Å². The highest BCUT2D eigenvalue weighted by Gasteiger charge is 2.39. The Kier molecular flexibility index (Phi) is 28.7. The molecule has 4 aromatic carbocycles. The van der Waals surface area contributed by atoms with Crippen LogP contribution in [0.4, 0.5) is 0 Å². The molecule has 104 heavy (non-hydrogen) atoms. The standard InChI is InChI=1S/C72H82N8O16S8/c1-17-89-57-41(25-97-33(9)81)49-50(42(26-98-34(10)82)58(57)90-18-2)66-73-65(49)77-67-51-43(27-99-35(11)83)59(91-19-3)60(92-20-4)44(28-100-36(12)84)52(51)69(74-67)79-71-55-47(31-103-39(15)87)63(95-23-7)64(96-24-8)48(32-104-40(16)88)56(55)72(76-71)80-70-54-46(30-102-38(14)86)62(94-22-6)61(93-21-5)45(29-101-37(13)85)53(54)68(75-70)78-66/h17-32H2,1-16H3,(H2,73,74,75,76,77,78,79,80). The lowest BCUT2D eigenvalue weighted by atomic mass is 9.95. The molecule has 24 nitrogen and oxygen atoms in total. The zero-order valence-corrected chi connectivity index (χ0v) is 67.3. The number of hydrogen-bond acceptors (Lipinski definition) is 30. The molecule has 7 aromatic rings. The van der Waals surface area contributed by atoms with E-state index in [2.05, 4.69) is 9.97 Å². The van der Waals surface area contributed by atoms with E-state index in [1.54, 1.807) is 0 Å². The van der Waals surface area contributed by atoms with Gasteiger partial charge in [0.1, 0.15) is 22.6 Å². The van der Waals surface area contributed by atoms with E-state index in [4.69, 9.17) is 67.8 Å². The fourth-order valence-corrected chi connectivity index (χ4v) is 17.1. The molecule has 8 bridgehead atoms. The molecular formula is C72H82N8O16S8. The molecule has 0 atom stereocenters. The Morgan fingerprint density at radius 3 is 0.529 bits per heavy atom. The van der Waals surface area contributed by atoms with Crippen LogP contribution in [0.3, 0.4) is 0 Å². The molecule has 0 fully saturated rings. The lowest BCUT2D eigenvalue weighted by Gasteiger charge is -2.22. The summed E-state index contributed by atoms with van der Waals surface area (Å²) in [5, 5.41) is -0.303. The minimum atomic E-state index is -0.228. The van der Waals surface area contributed by atoms with Crippen LogP contribution in [-0.4, -0.2) is 134 Å². The van der Waals surface area contributed by atoms with Gasteiger partial charge in [0.05, 0.1) is 52.9 Å². The molecule has 2 aliphatic heterocycles. The van der Waals surface area contributed by atoms with E-state index in [0.717, 1.165) is 94.1 Å². The predicted molar refractivity (Wildman–Crippen MR) is 421 cm³/mol. The lowest BCUT2D eigenvalue weighted by Crippen LogP contribution is -2.08. The van der Waals surface area contributed by atoms with Crippen LogP contribution in [0.25, 0.3) is 89.7 Å². The Hall–Kier alpha value is -7.20. The van der Waals surface area contributed by atoms with Crippen LogP contribution in [0.2, 0.25) is 0 Å². The number of H-pyrrole nitrogens is 2. The third kappa shape index (κ3) is 17.7. The summed E-state index contributed by atoms with van der Waals surface area (Å²) < 4.78 is 53.4. The van der Waals surface area contributed by atoms with Gasteiger partial charge in [-0.3, -0.25) is 38.4 Å². The summed E-state index contributed by atoms with van der Waals surface area (Å²) in [6.45, 7) is 27.2. The van der Waals surface area contributed by atoms with Crippen LogP contribution in [0.1, 0.15) is 155 Å². The van der Waals surface area contributed by atoms with Crippen molar-refractivity contribution in [3.05, 3.63) is 44.5 Å². The molecule has 0 radical (unpaired) electrons. The van der Waals surface area contributed by atoms with Gasteiger partial charge in [0, 0.05) is 190 Å². The van der Waals surface area contributed by atoms with Gasteiger partial charge in [-0.25, -0.2) is 29.9 Å². The molecule has 5 heterocycles. The first kappa shape index (κ1) is 80.9. The van der Waals surface area contributed by atoms with Crippen LogP contribution in [-0.2, 0) is 84.4 Å². The van der Waals surface area contributed by atoms with Gasteiger partial charge in [0.2, 0.25) is 0 Å². The molecule has 3 aromatic heterocycles. The lowest BCUT2D eigenvalue weighted by molar-refractivity contribution is -0.109. The molecule has 554 valence electrons. The van der Waals surface area contributed by atoms with Gasteiger partial charge in [0.25, 0.3) is 0 Å². The van der Waals surface area contributed by atoms with Crippen molar-refractivity contribution in [3.8, 4) is 91.5 Å². The highest BCUT2D eigenvalue weighted by molar-refractivity contribution is 8.14. The Labute approximate surface area is 636 Å².